The minimum absolute atomic E-state index is 0.0258. The molecule has 3 nitrogen and oxygen atoms in total. The lowest BCUT2D eigenvalue weighted by Crippen LogP contribution is -2.12. The second-order valence-electron chi connectivity index (χ2n) is 5.01. The molecule has 0 spiro atoms. The molecule has 23 heavy (non-hydrogen) atoms. The number of hydrogen-bond acceptors (Lipinski definition) is 3. The Kier molecular flexibility index (Phi) is 5.31. The zero-order chi connectivity index (χ0) is 16.1. The normalized spacial score (nSPS) is 10.7. The number of benzene rings is 2. The summed E-state index contributed by atoms with van der Waals surface area (Å²) in [6.07, 6.45) is 2.24. The summed E-state index contributed by atoms with van der Waals surface area (Å²) >= 11 is 5.09. The Morgan fingerprint density at radius 2 is 1.96 bits per heavy atom. The van der Waals surface area contributed by atoms with Gasteiger partial charge in [-0.3, -0.25) is 9.78 Å². The molecule has 0 saturated heterocycles. The summed E-state index contributed by atoms with van der Waals surface area (Å²) < 4.78 is 1.06. The van der Waals surface area contributed by atoms with E-state index in [9.17, 15) is 4.79 Å². The summed E-state index contributed by atoms with van der Waals surface area (Å²) in [6.45, 7) is 0. The van der Waals surface area contributed by atoms with Crippen molar-refractivity contribution in [3.63, 3.8) is 0 Å². The fraction of sp³-hybridized carbons (Fsp3) is 0.111. The summed E-state index contributed by atoms with van der Waals surface area (Å²) in [6, 6.07) is 17.7. The molecule has 0 bridgehead atoms. The molecule has 116 valence electrons. The molecule has 1 heterocycles. The van der Waals surface area contributed by atoms with Crippen LogP contribution in [0.15, 0.2) is 70.2 Å². The Labute approximate surface area is 147 Å². The van der Waals surface area contributed by atoms with E-state index in [-0.39, 0.29) is 5.91 Å². The van der Waals surface area contributed by atoms with Crippen molar-refractivity contribution in [2.45, 2.75) is 11.3 Å². The molecule has 0 unspecified atom stereocenters. The van der Waals surface area contributed by atoms with E-state index in [2.05, 4.69) is 26.2 Å². The first kappa shape index (κ1) is 16.0. The maximum absolute atomic E-state index is 12.0. The quantitative estimate of drug-likeness (QED) is 0.618. The fourth-order valence-electron chi connectivity index (χ4n) is 2.17. The molecule has 3 rings (SSSR count). The molecule has 0 radical (unpaired) electrons. The lowest BCUT2D eigenvalue weighted by Gasteiger charge is -2.06. The first-order valence-electron chi connectivity index (χ1n) is 7.24. The molecule has 0 atom stereocenters. The lowest BCUT2D eigenvalue weighted by atomic mass is 10.2. The first-order valence-corrected chi connectivity index (χ1v) is 9.01. The van der Waals surface area contributed by atoms with Gasteiger partial charge >= 0.3 is 0 Å². The number of fused-ring (bicyclic) bond motifs is 1. The molecule has 1 aromatic heterocycles. The molecular weight excluding hydrogens is 372 g/mol. The van der Waals surface area contributed by atoms with Crippen molar-refractivity contribution in [3.05, 3.63) is 65.3 Å². The number of amides is 1. The molecule has 0 fully saturated rings. The van der Waals surface area contributed by atoms with E-state index in [1.165, 1.54) is 0 Å². The summed E-state index contributed by atoms with van der Waals surface area (Å²) in [5.41, 5.74) is 1.74. The van der Waals surface area contributed by atoms with E-state index in [4.69, 9.17) is 0 Å². The van der Waals surface area contributed by atoms with Crippen LogP contribution in [0.25, 0.3) is 10.9 Å². The van der Waals surface area contributed by atoms with E-state index in [0.29, 0.717) is 6.42 Å². The molecule has 1 N–H and O–H groups in total. The van der Waals surface area contributed by atoms with E-state index < -0.39 is 0 Å². The second-order valence-corrected chi connectivity index (χ2v) is 7.10. The molecule has 0 aliphatic heterocycles. The number of carbonyl (C=O) groups is 1. The molecule has 0 aliphatic carbocycles. The highest BCUT2D eigenvalue weighted by Gasteiger charge is 2.04. The van der Waals surface area contributed by atoms with Gasteiger partial charge in [-0.1, -0.05) is 22.0 Å². The van der Waals surface area contributed by atoms with Crippen molar-refractivity contribution >= 4 is 50.2 Å². The number of rotatable bonds is 5. The standard InChI is InChI=1S/C18H15BrN2OS/c19-14-3-6-16(7-4-14)23-11-9-18(22)21-15-5-8-17-13(12-15)2-1-10-20-17/h1-8,10,12H,9,11H2,(H,21,22). The molecule has 3 aromatic rings. The number of pyridine rings is 1. The van der Waals surface area contributed by atoms with Gasteiger partial charge in [0.05, 0.1) is 5.52 Å². The molecule has 5 heteroatoms. The van der Waals surface area contributed by atoms with Crippen LogP contribution in [0.5, 0.6) is 0 Å². The number of nitrogens with zero attached hydrogens (tertiary/aromatic N) is 1. The number of anilines is 1. The van der Waals surface area contributed by atoms with Gasteiger partial charge in [0.2, 0.25) is 5.91 Å². The van der Waals surface area contributed by atoms with Crippen LogP contribution in [-0.4, -0.2) is 16.6 Å². The minimum Gasteiger partial charge on any atom is -0.326 e. The Morgan fingerprint density at radius 1 is 1.13 bits per heavy atom. The maximum atomic E-state index is 12.0. The van der Waals surface area contributed by atoms with Crippen LogP contribution in [0.4, 0.5) is 5.69 Å². The monoisotopic (exact) mass is 386 g/mol. The van der Waals surface area contributed by atoms with Gasteiger partial charge in [-0.2, -0.15) is 0 Å². The van der Waals surface area contributed by atoms with Gasteiger partial charge in [-0.25, -0.2) is 0 Å². The highest BCUT2D eigenvalue weighted by atomic mass is 79.9. The maximum Gasteiger partial charge on any atom is 0.225 e. The fourth-order valence-corrected chi connectivity index (χ4v) is 3.29. The predicted octanol–water partition coefficient (Wildman–Crippen LogP) is 5.12. The molecule has 2 aromatic carbocycles. The smallest absolute Gasteiger partial charge is 0.225 e. The predicted molar refractivity (Wildman–Crippen MR) is 99.9 cm³/mol. The number of aromatic nitrogens is 1. The van der Waals surface area contributed by atoms with Crippen LogP contribution in [0.1, 0.15) is 6.42 Å². The van der Waals surface area contributed by atoms with Crippen LogP contribution >= 0.6 is 27.7 Å². The van der Waals surface area contributed by atoms with E-state index in [0.717, 1.165) is 31.7 Å². The summed E-state index contributed by atoms with van der Waals surface area (Å²) in [7, 11) is 0. The lowest BCUT2D eigenvalue weighted by molar-refractivity contribution is -0.115. The number of nitrogens with one attached hydrogen (secondary N) is 1. The Hall–Kier alpha value is -1.85. The average molecular weight is 387 g/mol. The van der Waals surface area contributed by atoms with Gasteiger partial charge in [0.1, 0.15) is 0 Å². The SMILES string of the molecule is O=C(CCSc1ccc(Br)cc1)Nc1ccc2ncccc2c1. The Morgan fingerprint density at radius 3 is 2.78 bits per heavy atom. The summed E-state index contributed by atoms with van der Waals surface area (Å²) in [5.74, 6) is 0.778. The van der Waals surface area contributed by atoms with E-state index in [1.54, 1.807) is 18.0 Å². The highest BCUT2D eigenvalue weighted by Crippen LogP contribution is 2.22. The first-order chi connectivity index (χ1) is 11.2. The molecular formula is C18H15BrN2OS. The van der Waals surface area contributed by atoms with Crippen LogP contribution < -0.4 is 5.32 Å². The van der Waals surface area contributed by atoms with Gasteiger partial charge < -0.3 is 5.32 Å². The van der Waals surface area contributed by atoms with Crippen LogP contribution in [0.3, 0.4) is 0 Å². The van der Waals surface area contributed by atoms with Crippen molar-refractivity contribution in [1.29, 1.82) is 0 Å². The number of halogens is 1. The van der Waals surface area contributed by atoms with Gasteiger partial charge in [-0.15, -0.1) is 11.8 Å². The topological polar surface area (TPSA) is 42.0 Å². The van der Waals surface area contributed by atoms with Crippen molar-refractivity contribution in [2.24, 2.45) is 0 Å². The average Bonchev–Trinajstić information content (AvgIpc) is 2.56. The Bertz CT molecular complexity index is 821. The van der Waals surface area contributed by atoms with Crippen molar-refractivity contribution in [3.8, 4) is 0 Å². The largest absolute Gasteiger partial charge is 0.326 e. The Balaban J connectivity index is 1.53. The minimum atomic E-state index is 0.0258. The number of thioether (sulfide) groups is 1. The molecule has 0 aliphatic rings. The zero-order valence-corrected chi connectivity index (χ0v) is 14.7. The number of hydrogen-bond donors (Lipinski definition) is 1. The summed E-state index contributed by atoms with van der Waals surface area (Å²) in [5, 5.41) is 3.96. The zero-order valence-electron chi connectivity index (χ0n) is 12.3. The second kappa shape index (κ2) is 7.62. The van der Waals surface area contributed by atoms with Crippen molar-refractivity contribution < 1.29 is 4.79 Å². The van der Waals surface area contributed by atoms with Gasteiger partial charge in [0, 0.05) is 38.8 Å². The van der Waals surface area contributed by atoms with Gasteiger partial charge in [0.25, 0.3) is 0 Å². The summed E-state index contributed by atoms with van der Waals surface area (Å²) in [4.78, 5) is 17.5. The third-order valence-electron chi connectivity index (χ3n) is 3.30. The van der Waals surface area contributed by atoms with Crippen LogP contribution in [0.2, 0.25) is 0 Å². The number of carbonyl (C=O) groups excluding carboxylic acids is 1. The third kappa shape index (κ3) is 4.56. The van der Waals surface area contributed by atoms with Gasteiger partial charge in [-0.05, 0) is 48.5 Å². The molecule has 1 amide bonds. The van der Waals surface area contributed by atoms with Crippen LogP contribution in [-0.2, 0) is 4.79 Å². The van der Waals surface area contributed by atoms with E-state index in [1.807, 2.05) is 54.6 Å². The van der Waals surface area contributed by atoms with E-state index >= 15 is 0 Å². The molecule has 0 saturated carbocycles. The van der Waals surface area contributed by atoms with Crippen molar-refractivity contribution in [1.82, 2.24) is 4.98 Å². The van der Waals surface area contributed by atoms with Crippen LogP contribution in [0, 0.1) is 0 Å². The highest BCUT2D eigenvalue weighted by molar-refractivity contribution is 9.10. The van der Waals surface area contributed by atoms with Gasteiger partial charge in [0.15, 0.2) is 0 Å². The third-order valence-corrected chi connectivity index (χ3v) is 4.84. The van der Waals surface area contributed by atoms with Crippen molar-refractivity contribution in [2.75, 3.05) is 11.1 Å².